The van der Waals surface area contributed by atoms with Crippen molar-refractivity contribution < 1.29 is 4.20 Å². The minimum atomic E-state index is -0.855. The molecule has 1 atom stereocenters. The first-order valence-corrected chi connectivity index (χ1v) is 2.61. The van der Waals surface area contributed by atoms with Gasteiger partial charge in [0.1, 0.15) is 0 Å². The fourth-order valence-corrected chi connectivity index (χ4v) is 0.196. The normalized spacial score (nSPS) is 12.4. The van der Waals surface area contributed by atoms with Crippen molar-refractivity contribution in [2.75, 3.05) is 0 Å². The fourth-order valence-electron chi connectivity index (χ4n) is 0.0218. The summed E-state index contributed by atoms with van der Waals surface area (Å²) in [5.74, 6) is 0. The first-order chi connectivity index (χ1) is 2.41. The lowest BCUT2D eigenvalue weighted by Crippen LogP contribution is -1.53. The molecule has 5 heavy (non-hydrogen) atoms. The zero-order valence-corrected chi connectivity index (χ0v) is 4.24. The van der Waals surface area contributed by atoms with E-state index in [0.717, 1.165) is 0 Å². The number of nitrogens with zero attached hydrogens (tertiary/aromatic N) is 1. The zero-order chi connectivity index (χ0) is 4.12. The van der Waals surface area contributed by atoms with Gasteiger partial charge in [-0.1, -0.05) is 0 Å². The molecule has 1 unspecified atom stereocenters. The molecule has 2 N–H and O–H groups in total. The Kier molecular flexibility index (Phi) is 4.79. The van der Waals surface area contributed by atoms with Crippen molar-refractivity contribution in [3.8, 4) is 0 Å². The van der Waals surface area contributed by atoms with Gasteiger partial charge in [0, 0.05) is 0 Å². The van der Waals surface area contributed by atoms with E-state index >= 15 is 0 Å². The van der Waals surface area contributed by atoms with Crippen LogP contribution < -0.4 is 5.50 Å². The van der Waals surface area contributed by atoms with Crippen LogP contribution in [0.5, 0.6) is 0 Å². The lowest BCUT2D eigenvalue weighted by atomic mass is 13.9. The summed E-state index contributed by atoms with van der Waals surface area (Å²) in [5.41, 5.74) is 4.71. The Morgan fingerprint density at radius 1 is 2.00 bits per heavy atom. The summed E-state index contributed by atoms with van der Waals surface area (Å²) in [4.78, 5) is 0. The van der Waals surface area contributed by atoms with Gasteiger partial charge in [-0.3, -0.25) is 5.50 Å². The lowest BCUT2D eigenvalue weighted by Gasteiger charge is -1.62. The van der Waals surface area contributed by atoms with Crippen molar-refractivity contribution in [3.63, 3.8) is 0 Å². The van der Waals surface area contributed by atoms with Gasteiger partial charge in [0.15, 0.2) is 9.04 Å². The first kappa shape index (κ1) is 5.42. The first-order valence-electron chi connectivity index (χ1n) is 0.871. The molecule has 30 valence electrons. The quantitative estimate of drug-likeness (QED) is 0.512. The molecule has 0 rings (SSSR count). The second-order valence-corrected chi connectivity index (χ2v) is 1.50. The molecule has 0 saturated carbocycles. The zero-order valence-electron chi connectivity index (χ0n) is 2.35. The van der Waals surface area contributed by atoms with Crippen LogP contribution in [0.1, 0.15) is 0 Å². The summed E-state index contributed by atoms with van der Waals surface area (Å²) in [6.07, 6.45) is 0. The van der Waals surface area contributed by atoms with Gasteiger partial charge in [0.05, 0.1) is 8.52 Å². The van der Waals surface area contributed by atoms with E-state index in [9.17, 15) is 4.20 Å². The Hall–Kier alpha value is 0.420. The largest absolute Gasteiger partial charge is 0.269 e. The van der Waals surface area contributed by atoms with Crippen LogP contribution in [-0.2, 0) is 0 Å². The Morgan fingerprint density at radius 3 is 2.60 bits per heavy atom. The Bertz CT molecular complexity index is 34.6. The van der Waals surface area contributed by atoms with Crippen LogP contribution in [0.15, 0.2) is 4.52 Å². The van der Waals surface area contributed by atoms with Crippen LogP contribution in [0.4, 0.5) is 4.20 Å². The van der Waals surface area contributed by atoms with Crippen LogP contribution in [-0.4, -0.2) is 0 Å². The van der Waals surface area contributed by atoms with Crippen LogP contribution in [0.25, 0.3) is 0 Å². The molecular weight excluding hydrogens is 109 g/mol. The van der Waals surface area contributed by atoms with E-state index in [1.54, 1.807) is 0 Å². The summed E-state index contributed by atoms with van der Waals surface area (Å²) in [5, 5.41) is 0. The molecule has 0 saturated heterocycles. The number of halogens is 1. The highest BCUT2D eigenvalue weighted by atomic mass is 31.1. The molecular formula is H3FN2P2. The summed E-state index contributed by atoms with van der Waals surface area (Å²) in [6.45, 7) is 0. The molecule has 2 nitrogen and oxygen atoms in total. The monoisotopic (exact) mass is 112 g/mol. The van der Waals surface area contributed by atoms with Gasteiger partial charge in [0.2, 0.25) is 0 Å². The summed E-state index contributed by atoms with van der Waals surface area (Å²) in [7, 11) is -0.562. The smallest absolute Gasteiger partial charge is 0.194 e. The van der Waals surface area contributed by atoms with Crippen molar-refractivity contribution in [2.45, 2.75) is 0 Å². The molecule has 0 aromatic carbocycles. The van der Waals surface area contributed by atoms with Gasteiger partial charge in [-0.2, -0.15) is 4.52 Å². The van der Waals surface area contributed by atoms with Crippen LogP contribution >= 0.6 is 17.6 Å². The number of hydrogen-bond donors (Lipinski definition) is 1. The predicted molar refractivity (Wildman–Crippen MR) is 23.0 cm³/mol. The van der Waals surface area contributed by atoms with E-state index in [-0.39, 0.29) is 0 Å². The van der Waals surface area contributed by atoms with E-state index in [1.165, 1.54) is 0 Å². The Balaban J connectivity index is 2.62. The van der Waals surface area contributed by atoms with Gasteiger partial charge < -0.3 is 0 Å². The second kappa shape index (κ2) is 4.42. The minimum absolute atomic E-state index is 0.292. The predicted octanol–water partition coefficient (Wildman–Crippen LogP) is 1.47. The van der Waals surface area contributed by atoms with Gasteiger partial charge in [-0.05, 0) is 0 Å². The van der Waals surface area contributed by atoms with Gasteiger partial charge >= 0.3 is 0 Å². The lowest BCUT2D eigenvalue weighted by molar-refractivity contribution is 0.919. The highest BCUT2D eigenvalue weighted by molar-refractivity contribution is 7.40. The molecule has 0 heterocycles. The molecule has 0 fully saturated rings. The van der Waals surface area contributed by atoms with Crippen LogP contribution in [0.2, 0.25) is 0 Å². The van der Waals surface area contributed by atoms with Crippen molar-refractivity contribution >= 4 is 17.6 Å². The number of hydrogen-bond acceptors (Lipinski definition) is 1. The summed E-state index contributed by atoms with van der Waals surface area (Å²) < 4.78 is 13.9. The van der Waals surface area contributed by atoms with Crippen molar-refractivity contribution in [1.82, 2.24) is 0 Å². The maximum absolute atomic E-state index is 10.8. The maximum Gasteiger partial charge on any atom is 0.194 e. The standard InChI is InChI=1S/FH3N2P2/c1-4-3-5-2/h4H,(H2,2,3). The van der Waals surface area contributed by atoms with Gasteiger partial charge in [-0.25, -0.2) is 4.20 Å². The fraction of sp³-hybridized carbons (Fsp3) is 0. The van der Waals surface area contributed by atoms with Crippen molar-refractivity contribution in [1.29, 1.82) is 0 Å². The molecule has 0 spiro atoms. The molecule has 0 bridgehead atoms. The molecule has 0 radical (unpaired) electrons. The van der Waals surface area contributed by atoms with E-state index in [1.807, 2.05) is 0 Å². The van der Waals surface area contributed by atoms with Crippen LogP contribution in [0.3, 0.4) is 0 Å². The highest BCUT2D eigenvalue weighted by Crippen LogP contribution is 2.14. The Labute approximate surface area is 32.8 Å². The average Bonchev–Trinajstić information content (AvgIpc) is 1.41. The maximum atomic E-state index is 10.8. The average molecular weight is 112 g/mol. The minimum Gasteiger partial charge on any atom is -0.269 e. The summed E-state index contributed by atoms with van der Waals surface area (Å²) in [6, 6.07) is 0. The van der Waals surface area contributed by atoms with Gasteiger partial charge in [0.25, 0.3) is 0 Å². The molecule has 0 aromatic rings. The van der Waals surface area contributed by atoms with E-state index in [0.29, 0.717) is 8.52 Å². The SMILES string of the molecule is N/P=N\PF. The third kappa shape index (κ3) is 4.42. The molecule has 5 heteroatoms. The van der Waals surface area contributed by atoms with Crippen molar-refractivity contribution in [3.05, 3.63) is 0 Å². The topological polar surface area (TPSA) is 38.4 Å². The molecule has 0 amide bonds. The van der Waals surface area contributed by atoms with E-state index < -0.39 is 9.04 Å². The van der Waals surface area contributed by atoms with Gasteiger partial charge in [-0.15, -0.1) is 0 Å². The molecule has 0 aliphatic rings. The third-order valence-electron chi connectivity index (χ3n) is 0.0955. The van der Waals surface area contributed by atoms with E-state index in [4.69, 9.17) is 5.50 Å². The van der Waals surface area contributed by atoms with E-state index in [2.05, 4.69) is 4.52 Å². The van der Waals surface area contributed by atoms with Crippen molar-refractivity contribution in [2.24, 2.45) is 10.0 Å². The molecule has 0 aliphatic heterocycles. The number of rotatable bonds is 1. The Morgan fingerprint density at radius 2 is 2.60 bits per heavy atom. The third-order valence-corrected chi connectivity index (χ3v) is 0.860. The number of nitrogens with two attached hydrogens (primary N) is 1. The summed E-state index contributed by atoms with van der Waals surface area (Å²) >= 11 is 0. The van der Waals surface area contributed by atoms with Crippen LogP contribution in [0, 0.1) is 0 Å². The highest BCUT2D eigenvalue weighted by Gasteiger charge is 1.57. The molecule has 0 aromatic heterocycles. The molecule has 0 aliphatic carbocycles. The second-order valence-electron chi connectivity index (χ2n) is 0.300.